The number of benzene rings is 1. The zero-order valence-electron chi connectivity index (χ0n) is 11.9. The minimum absolute atomic E-state index is 0.0531. The van der Waals surface area contributed by atoms with Gasteiger partial charge < -0.3 is 15.8 Å². The molecule has 1 fully saturated rings. The first-order valence-corrected chi connectivity index (χ1v) is 7.33. The van der Waals surface area contributed by atoms with Crippen LogP contribution >= 0.6 is 11.6 Å². The van der Waals surface area contributed by atoms with Crippen molar-refractivity contribution < 1.29 is 14.3 Å². The largest absolute Gasteiger partial charge is 0.465 e. The molecule has 0 unspecified atom stereocenters. The Morgan fingerprint density at radius 3 is 2.57 bits per heavy atom. The van der Waals surface area contributed by atoms with Gasteiger partial charge in [0.05, 0.1) is 23.4 Å². The molecule has 1 saturated carbocycles. The summed E-state index contributed by atoms with van der Waals surface area (Å²) in [6.45, 7) is 0. The highest BCUT2D eigenvalue weighted by Crippen LogP contribution is 2.27. The number of amides is 1. The van der Waals surface area contributed by atoms with Gasteiger partial charge in [0.25, 0.3) is 0 Å². The molecule has 2 rings (SSSR count). The first-order chi connectivity index (χ1) is 10.0. The monoisotopic (exact) mass is 310 g/mol. The summed E-state index contributed by atoms with van der Waals surface area (Å²) in [7, 11) is 1.31. The molecule has 1 amide bonds. The predicted molar refractivity (Wildman–Crippen MR) is 81.4 cm³/mol. The number of anilines is 1. The molecular weight excluding hydrogens is 292 g/mol. The number of carbonyl (C=O) groups is 2. The van der Waals surface area contributed by atoms with Gasteiger partial charge in [0.1, 0.15) is 0 Å². The van der Waals surface area contributed by atoms with Gasteiger partial charge in [0.2, 0.25) is 5.91 Å². The Morgan fingerprint density at radius 2 is 1.95 bits per heavy atom. The summed E-state index contributed by atoms with van der Waals surface area (Å²) >= 11 is 6.06. The van der Waals surface area contributed by atoms with E-state index in [4.69, 9.17) is 17.3 Å². The summed E-state index contributed by atoms with van der Waals surface area (Å²) in [5, 5.41) is 3.19. The van der Waals surface area contributed by atoms with Crippen LogP contribution in [0.1, 0.15) is 36.0 Å². The topological polar surface area (TPSA) is 81.4 Å². The molecule has 0 radical (unpaired) electrons. The van der Waals surface area contributed by atoms with Gasteiger partial charge in [-0.1, -0.05) is 11.6 Å². The maximum atomic E-state index is 12.3. The third kappa shape index (κ3) is 3.95. The second-order valence-corrected chi connectivity index (χ2v) is 5.69. The maximum absolute atomic E-state index is 12.3. The number of ether oxygens (including phenoxy) is 1. The van der Waals surface area contributed by atoms with E-state index in [1.165, 1.54) is 13.2 Å². The van der Waals surface area contributed by atoms with Crippen LogP contribution in [0.3, 0.4) is 0 Å². The fourth-order valence-electron chi connectivity index (χ4n) is 2.48. The lowest BCUT2D eigenvalue weighted by Crippen LogP contribution is -2.32. The molecule has 0 heterocycles. The summed E-state index contributed by atoms with van der Waals surface area (Å²) in [5.74, 6) is -0.598. The van der Waals surface area contributed by atoms with Gasteiger partial charge in [-0.2, -0.15) is 0 Å². The smallest absolute Gasteiger partial charge is 0.337 e. The molecule has 114 valence electrons. The zero-order chi connectivity index (χ0) is 15.4. The van der Waals surface area contributed by atoms with E-state index in [9.17, 15) is 9.59 Å². The van der Waals surface area contributed by atoms with E-state index >= 15 is 0 Å². The lowest BCUT2D eigenvalue weighted by molar-refractivity contribution is -0.120. The fourth-order valence-corrected chi connectivity index (χ4v) is 2.65. The number of esters is 1. The Morgan fingerprint density at radius 1 is 1.29 bits per heavy atom. The molecule has 1 aromatic carbocycles. The van der Waals surface area contributed by atoms with Crippen LogP contribution in [0.4, 0.5) is 5.69 Å². The van der Waals surface area contributed by atoms with E-state index < -0.39 is 5.97 Å². The number of carbonyl (C=O) groups excluding carboxylic acids is 2. The van der Waals surface area contributed by atoms with Crippen LogP contribution in [0, 0.1) is 5.92 Å². The van der Waals surface area contributed by atoms with Gasteiger partial charge in [-0.05, 0) is 43.9 Å². The molecule has 0 atom stereocenters. The van der Waals surface area contributed by atoms with Gasteiger partial charge in [-0.15, -0.1) is 0 Å². The van der Waals surface area contributed by atoms with Crippen molar-refractivity contribution in [3.8, 4) is 0 Å². The summed E-state index contributed by atoms with van der Waals surface area (Å²) in [6.07, 6.45) is 3.27. The molecule has 3 N–H and O–H groups in total. The Bertz CT molecular complexity index is 540. The molecule has 1 aliphatic carbocycles. The van der Waals surface area contributed by atoms with E-state index in [2.05, 4.69) is 10.1 Å². The second-order valence-electron chi connectivity index (χ2n) is 5.29. The Balaban J connectivity index is 2.08. The number of hydrogen-bond donors (Lipinski definition) is 2. The average molecular weight is 311 g/mol. The standard InChI is InChI=1S/C15H19ClN2O3/c1-21-15(20)10-4-7-12(16)13(8-10)18-14(19)9-2-5-11(17)6-3-9/h4,7-9,11H,2-3,5-6,17H2,1H3,(H,18,19). The number of methoxy groups -OCH3 is 1. The molecule has 21 heavy (non-hydrogen) atoms. The van der Waals surface area contributed by atoms with Gasteiger partial charge in [0.15, 0.2) is 0 Å². The highest BCUT2D eigenvalue weighted by atomic mass is 35.5. The average Bonchev–Trinajstić information content (AvgIpc) is 2.49. The number of hydrogen-bond acceptors (Lipinski definition) is 4. The molecule has 0 saturated heterocycles. The third-order valence-electron chi connectivity index (χ3n) is 3.79. The summed E-state index contributed by atoms with van der Waals surface area (Å²) < 4.78 is 4.66. The van der Waals surface area contributed by atoms with Crippen molar-refractivity contribution in [2.45, 2.75) is 31.7 Å². The van der Waals surface area contributed by atoms with Gasteiger partial charge >= 0.3 is 5.97 Å². The first kappa shape index (κ1) is 15.8. The van der Waals surface area contributed by atoms with E-state index in [1.54, 1.807) is 12.1 Å². The van der Waals surface area contributed by atoms with Crippen molar-refractivity contribution in [2.24, 2.45) is 11.7 Å². The molecule has 5 nitrogen and oxygen atoms in total. The lowest BCUT2D eigenvalue weighted by atomic mass is 9.86. The third-order valence-corrected chi connectivity index (χ3v) is 4.12. The van der Waals surface area contributed by atoms with Crippen molar-refractivity contribution in [1.82, 2.24) is 0 Å². The van der Waals surface area contributed by atoms with Crippen LogP contribution in [0.15, 0.2) is 18.2 Å². The highest BCUT2D eigenvalue weighted by molar-refractivity contribution is 6.33. The maximum Gasteiger partial charge on any atom is 0.337 e. The van der Waals surface area contributed by atoms with Crippen LogP contribution in [0.5, 0.6) is 0 Å². The van der Waals surface area contributed by atoms with Crippen LogP contribution < -0.4 is 11.1 Å². The molecule has 0 spiro atoms. The molecule has 1 aromatic rings. The van der Waals surface area contributed by atoms with Crippen molar-refractivity contribution in [3.63, 3.8) is 0 Å². The Kier molecular flexibility index (Phi) is 5.20. The quantitative estimate of drug-likeness (QED) is 0.841. The molecule has 0 bridgehead atoms. The van der Waals surface area contributed by atoms with Crippen molar-refractivity contribution in [3.05, 3.63) is 28.8 Å². The number of rotatable bonds is 3. The zero-order valence-corrected chi connectivity index (χ0v) is 12.7. The minimum Gasteiger partial charge on any atom is -0.465 e. The van der Waals surface area contributed by atoms with Gasteiger partial charge in [-0.25, -0.2) is 4.79 Å². The Hall–Kier alpha value is -1.59. The lowest BCUT2D eigenvalue weighted by Gasteiger charge is -2.25. The van der Waals surface area contributed by atoms with Gasteiger partial charge in [0, 0.05) is 12.0 Å². The summed E-state index contributed by atoms with van der Waals surface area (Å²) in [4.78, 5) is 23.8. The van der Waals surface area contributed by atoms with Crippen molar-refractivity contribution in [1.29, 1.82) is 0 Å². The number of nitrogens with two attached hydrogens (primary N) is 1. The highest BCUT2D eigenvalue weighted by Gasteiger charge is 2.25. The van der Waals surface area contributed by atoms with Crippen LogP contribution in [0.25, 0.3) is 0 Å². The van der Waals surface area contributed by atoms with E-state index in [0.717, 1.165) is 25.7 Å². The molecule has 1 aliphatic rings. The van der Waals surface area contributed by atoms with Crippen LogP contribution in [-0.4, -0.2) is 25.0 Å². The molecule has 0 aliphatic heterocycles. The fraction of sp³-hybridized carbons (Fsp3) is 0.467. The summed E-state index contributed by atoms with van der Waals surface area (Å²) in [6, 6.07) is 4.85. The minimum atomic E-state index is -0.467. The van der Waals surface area contributed by atoms with E-state index in [0.29, 0.717) is 16.3 Å². The normalized spacial score (nSPS) is 21.7. The van der Waals surface area contributed by atoms with Crippen molar-refractivity contribution in [2.75, 3.05) is 12.4 Å². The van der Waals surface area contributed by atoms with Gasteiger partial charge in [-0.3, -0.25) is 4.79 Å². The number of halogens is 1. The first-order valence-electron chi connectivity index (χ1n) is 6.95. The predicted octanol–water partition coefficient (Wildman–Crippen LogP) is 2.58. The number of nitrogens with one attached hydrogen (secondary N) is 1. The van der Waals surface area contributed by atoms with Crippen LogP contribution in [0.2, 0.25) is 5.02 Å². The molecular formula is C15H19ClN2O3. The van der Waals surface area contributed by atoms with Crippen molar-refractivity contribution >= 4 is 29.2 Å². The SMILES string of the molecule is COC(=O)c1ccc(Cl)c(NC(=O)C2CCC(N)CC2)c1. The summed E-state index contributed by atoms with van der Waals surface area (Å²) in [5.41, 5.74) is 6.62. The van der Waals surface area contributed by atoms with Crippen LogP contribution in [-0.2, 0) is 9.53 Å². The van der Waals surface area contributed by atoms with E-state index in [1.807, 2.05) is 0 Å². The second kappa shape index (κ2) is 6.91. The molecule has 6 heteroatoms. The molecule has 0 aromatic heterocycles. The Labute approximate surface area is 128 Å². The van der Waals surface area contributed by atoms with E-state index in [-0.39, 0.29) is 17.9 Å².